The van der Waals surface area contributed by atoms with E-state index in [9.17, 15) is 4.79 Å². The fourth-order valence-electron chi connectivity index (χ4n) is 1.72. The highest BCUT2D eigenvalue weighted by atomic mass is 79.9. The van der Waals surface area contributed by atoms with E-state index in [0.717, 1.165) is 10.2 Å². The molecule has 0 spiro atoms. The average Bonchev–Trinajstić information content (AvgIpc) is 2.39. The van der Waals surface area contributed by atoms with Crippen LogP contribution in [-0.4, -0.2) is 32.6 Å². The summed E-state index contributed by atoms with van der Waals surface area (Å²) in [4.78, 5) is 13.4. The first-order valence-corrected chi connectivity index (χ1v) is 6.80. The number of methoxy groups -OCH3 is 1. The second-order valence-electron chi connectivity index (χ2n) is 4.11. The second kappa shape index (κ2) is 7.93. The average molecular weight is 325 g/mol. The third-order valence-electron chi connectivity index (χ3n) is 2.75. The summed E-state index contributed by atoms with van der Waals surface area (Å²) < 4.78 is 5.94. The van der Waals surface area contributed by atoms with Crippen molar-refractivity contribution in [3.63, 3.8) is 0 Å². The van der Waals surface area contributed by atoms with E-state index >= 15 is 0 Å². The fourth-order valence-corrected chi connectivity index (χ4v) is 2.35. The van der Waals surface area contributed by atoms with Crippen LogP contribution in [0.2, 0.25) is 0 Å². The van der Waals surface area contributed by atoms with Gasteiger partial charge in [-0.25, -0.2) is 0 Å². The molecule has 0 radical (unpaired) electrons. The molecule has 0 bridgehead atoms. The lowest BCUT2D eigenvalue weighted by atomic mass is 10.1. The van der Waals surface area contributed by atoms with E-state index in [4.69, 9.17) is 10.00 Å². The van der Waals surface area contributed by atoms with Gasteiger partial charge in [-0.15, -0.1) is 0 Å². The summed E-state index contributed by atoms with van der Waals surface area (Å²) in [5, 5.41) is 8.71. The monoisotopic (exact) mass is 324 g/mol. The van der Waals surface area contributed by atoms with Gasteiger partial charge in [0.15, 0.2) is 5.78 Å². The third kappa shape index (κ3) is 4.66. The van der Waals surface area contributed by atoms with E-state index in [1.807, 2.05) is 12.1 Å². The van der Waals surface area contributed by atoms with Gasteiger partial charge >= 0.3 is 0 Å². The lowest BCUT2D eigenvalue weighted by Crippen LogP contribution is -2.28. The Balaban J connectivity index is 2.94. The van der Waals surface area contributed by atoms with Crippen LogP contribution in [0.25, 0.3) is 0 Å². The molecule has 1 rings (SSSR count). The molecule has 0 aliphatic rings. The maximum Gasteiger partial charge on any atom is 0.159 e. The number of rotatable bonds is 7. The summed E-state index contributed by atoms with van der Waals surface area (Å²) in [5.74, 6) is 0.0349. The van der Waals surface area contributed by atoms with Gasteiger partial charge in [0.1, 0.15) is 0 Å². The minimum atomic E-state index is 0.0349. The van der Waals surface area contributed by atoms with Crippen LogP contribution in [0.15, 0.2) is 22.7 Å². The summed E-state index contributed by atoms with van der Waals surface area (Å²) in [5.41, 5.74) is 1.64. The first-order valence-electron chi connectivity index (χ1n) is 6.01. The van der Waals surface area contributed by atoms with Gasteiger partial charge in [0.05, 0.1) is 24.8 Å². The molecule has 0 heterocycles. The van der Waals surface area contributed by atoms with Gasteiger partial charge in [-0.3, -0.25) is 4.79 Å². The highest BCUT2D eigenvalue weighted by Gasteiger charge is 2.11. The van der Waals surface area contributed by atoms with Crippen LogP contribution in [0.3, 0.4) is 0 Å². The van der Waals surface area contributed by atoms with Crippen molar-refractivity contribution in [1.29, 1.82) is 5.26 Å². The number of nitrogens with zero attached hydrogens (tertiary/aromatic N) is 2. The van der Waals surface area contributed by atoms with Gasteiger partial charge in [0.25, 0.3) is 0 Å². The first kappa shape index (κ1) is 15.7. The van der Waals surface area contributed by atoms with Crippen molar-refractivity contribution in [2.24, 2.45) is 0 Å². The summed E-state index contributed by atoms with van der Waals surface area (Å²) in [6, 6.07) is 7.65. The second-order valence-corrected chi connectivity index (χ2v) is 4.96. The van der Waals surface area contributed by atoms with Gasteiger partial charge in [-0.05, 0) is 41.1 Å². The van der Waals surface area contributed by atoms with Crippen molar-refractivity contribution in [1.82, 2.24) is 0 Å². The van der Waals surface area contributed by atoms with Crippen LogP contribution in [0.4, 0.5) is 5.69 Å². The SMILES string of the molecule is COCCN(CCC#N)c1ccc(C(C)=O)cc1Br. The lowest BCUT2D eigenvalue weighted by molar-refractivity contribution is 0.101. The van der Waals surface area contributed by atoms with Crippen LogP contribution in [0, 0.1) is 11.3 Å². The number of anilines is 1. The zero-order valence-corrected chi connectivity index (χ0v) is 12.7. The van der Waals surface area contributed by atoms with Crippen molar-refractivity contribution in [3.05, 3.63) is 28.2 Å². The molecule has 1 aromatic carbocycles. The predicted molar refractivity (Wildman–Crippen MR) is 78.5 cm³/mol. The maximum absolute atomic E-state index is 11.3. The molecule has 0 N–H and O–H groups in total. The van der Waals surface area contributed by atoms with E-state index in [2.05, 4.69) is 26.9 Å². The van der Waals surface area contributed by atoms with Crippen LogP contribution in [0.5, 0.6) is 0 Å². The molecule has 5 heteroatoms. The van der Waals surface area contributed by atoms with E-state index in [1.165, 1.54) is 0 Å². The largest absolute Gasteiger partial charge is 0.383 e. The van der Waals surface area contributed by atoms with Crippen molar-refractivity contribution in [2.45, 2.75) is 13.3 Å². The Labute approximate surface area is 122 Å². The Morgan fingerprint density at radius 2 is 2.21 bits per heavy atom. The van der Waals surface area contributed by atoms with Crippen LogP contribution >= 0.6 is 15.9 Å². The third-order valence-corrected chi connectivity index (χ3v) is 3.39. The van der Waals surface area contributed by atoms with Gasteiger partial charge in [-0.1, -0.05) is 0 Å². The van der Waals surface area contributed by atoms with Crippen molar-refractivity contribution in [2.75, 3.05) is 31.7 Å². The molecular weight excluding hydrogens is 308 g/mol. The number of carbonyl (C=O) groups excluding carboxylic acids is 1. The number of ether oxygens (including phenoxy) is 1. The number of Topliss-reactive ketones (excluding diaryl/α,β-unsaturated/α-hetero) is 1. The molecule has 0 amide bonds. The van der Waals surface area contributed by atoms with E-state index in [-0.39, 0.29) is 5.78 Å². The van der Waals surface area contributed by atoms with E-state index in [1.54, 1.807) is 20.1 Å². The molecule has 19 heavy (non-hydrogen) atoms. The number of hydrogen-bond donors (Lipinski definition) is 0. The fraction of sp³-hybridized carbons (Fsp3) is 0.429. The maximum atomic E-state index is 11.3. The molecule has 4 nitrogen and oxygen atoms in total. The summed E-state index contributed by atoms with van der Waals surface area (Å²) in [6.45, 7) is 3.47. The van der Waals surface area contributed by atoms with E-state index < -0.39 is 0 Å². The van der Waals surface area contributed by atoms with Gasteiger partial charge < -0.3 is 9.64 Å². The Morgan fingerprint density at radius 1 is 1.47 bits per heavy atom. The number of halogens is 1. The highest BCUT2D eigenvalue weighted by Crippen LogP contribution is 2.27. The Morgan fingerprint density at radius 3 is 2.74 bits per heavy atom. The van der Waals surface area contributed by atoms with Gasteiger partial charge in [0.2, 0.25) is 0 Å². The minimum absolute atomic E-state index is 0.0349. The molecule has 0 saturated heterocycles. The Hall–Kier alpha value is -1.38. The molecule has 0 saturated carbocycles. The van der Waals surface area contributed by atoms with Crippen molar-refractivity contribution >= 4 is 27.4 Å². The zero-order chi connectivity index (χ0) is 14.3. The summed E-state index contributed by atoms with van der Waals surface area (Å²) in [7, 11) is 1.65. The van der Waals surface area contributed by atoms with Gasteiger partial charge in [0, 0.05) is 30.2 Å². The number of ketones is 1. The predicted octanol–water partition coefficient (Wildman–Crippen LogP) is 3.02. The number of carbonyl (C=O) groups is 1. The lowest BCUT2D eigenvalue weighted by Gasteiger charge is -2.25. The topological polar surface area (TPSA) is 53.3 Å². The molecular formula is C14H17BrN2O2. The minimum Gasteiger partial charge on any atom is -0.383 e. The molecule has 0 aromatic heterocycles. The Bertz CT molecular complexity index is 483. The quantitative estimate of drug-likeness (QED) is 0.723. The Kier molecular flexibility index (Phi) is 6.54. The van der Waals surface area contributed by atoms with Gasteiger partial charge in [-0.2, -0.15) is 5.26 Å². The zero-order valence-electron chi connectivity index (χ0n) is 11.1. The molecule has 0 atom stereocenters. The smallest absolute Gasteiger partial charge is 0.159 e. The van der Waals surface area contributed by atoms with Crippen molar-refractivity contribution < 1.29 is 9.53 Å². The number of nitriles is 1. The molecule has 102 valence electrons. The standard InChI is InChI=1S/C14H17BrN2O2/c1-11(18)12-4-5-14(13(15)10-12)17(7-3-6-16)8-9-19-2/h4-5,10H,3,7-9H2,1-2H3. The molecule has 0 aliphatic carbocycles. The van der Waals surface area contributed by atoms with Crippen LogP contribution in [-0.2, 0) is 4.74 Å². The molecule has 0 fully saturated rings. The first-order chi connectivity index (χ1) is 9.10. The highest BCUT2D eigenvalue weighted by molar-refractivity contribution is 9.10. The number of benzene rings is 1. The normalized spacial score (nSPS) is 10.0. The molecule has 0 aliphatic heterocycles. The van der Waals surface area contributed by atoms with Crippen molar-refractivity contribution in [3.8, 4) is 6.07 Å². The summed E-state index contributed by atoms with van der Waals surface area (Å²) in [6.07, 6.45) is 0.449. The molecule has 0 unspecified atom stereocenters. The molecule has 1 aromatic rings. The van der Waals surface area contributed by atoms with E-state index in [0.29, 0.717) is 31.7 Å². The number of hydrogen-bond acceptors (Lipinski definition) is 4. The van der Waals surface area contributed by atoms with Crippen LogP contribution in [0.1, 0.15) is 23.7 Å². The summed E-state index contributed by atoms with van der Waals surface area (Å²) >= 11 is 3.48. The van der Waals surface area contributed by atoms with Crippen LogP contribution < -0.4 is 4.90 Å².